The molecule has 1 unspecified atom stereocenters. The lowest BCUT2D eigenvalue weighted by atomic mass is 10.0. The second-order valence-corrected chi connectivity index (χ2v) is 5.54. The van der Waals surface area contributed by atoms with Crippen LogP contribution in [0.1, 0.15) is 17.3 Å². The molecular weight excluding hydrogens is 262 g/mol. The highest BCUT2D eigenvalue weighted by molar-refractivity contribution is 7.99. The summed E-state index contributed by atoms with van der Waals surface area (Å²) in [5, 5.41) is 9.20. The van der Waals surface area contributed by atoms with Crippen LogP contribution in [0, 0.1) is 6.92 Å². The van der Waals surface area contributed by atoms with E-state index in [2.05, 4.69) is 47.1 Å². The molecule has 0 aliphatic carbocycles. The molecule has 0 amide bonds. The molecule has 0 spiro atoms. The van der Waals surface area contributed by atoms with Crippen molar-refractivity contribution in [3.8, 4) is 0 Å². The molecule has 0 saturated heterocycles. The molecular formula is C13H17N3S2. The number of hydrogen-bond donors (Lipinski definition) is 1. The number of hydrogen-bond acceptors (Lipinski definition) is 4. The van der Waals surface area contributed by atoms with Gasteiger partial charge in [-0.05, 0) is 18.2 Å². The fraction of sp³-hybridized carbons (Fsp3) is 0.385. The van der Waals surface area contributed by atoms with Crippen LogP contribution in [0.3, 0.4) is 0 Å². The SMILES string of the molecule is Cc1nnc(SCC(CS)c2ccccc2)n1C. The molecule has 0 N–H and O–H groups in total. The number of benzene rings is 1. The van der Waals surface area contributed by atoms with Crippen LogP contribution in [-0.2, 0) is 7.05 Å². The van der Waals surface area contributed by atoms with E-state index in [1.54, 1.807) is 11.8 Å². The van der Waals surface area contributed by atoms with E-state index in [1.165, 1.54) is 5.56 Å². The molecule has 18 heavy (non-hydrogen) atoms. The zero-order chi connectivity index (χ0) is 13.0. The van der Waals surface area contributed by atoms with Crippen LogP contribution in [0.15, 0.2) is 35.5 Å². The first-order chi connectivity index (χ1) is 8.72. The minimum Gasteiger partial charge on any atom is -0.309 e. The minimum atomic E-state index is 0.441. The van der Waals surface area contributed by atoms with Crippen molar-refractivity contribution < 1.29 is 0 Å². The van der Waals surface area contributed by atoms with Gasteiger partial charge in [0.05, 0.1) is 0 Å². The molecule has 1 aromatic heterocycles. The number of nitrogens with zero attached hydrogens (tertiary/aromatic N) is 3. The summed E-state index contributed by atoms with van der Waals surface area (Å²) in [7, 11) is 2.00. The predicted octanol–water partition coefficient (Wildman–Crippen LogP) is 2.93. The molecule has 0 saturated carbocycles. The van der Waals surface area contributed by atoms with E-state index in [0.717, 1.165) is 22.5 Å². The van der Waals surface area contributed by atoms with E-state index in [4.69, 9.17) is 0 Å². The largest absolute Gasteiger partial charge is 0.309 e. The Morgan fingerprint density at radius 3 is 2.56 bits per heavy atom. The Morgan fingerprint density at radius 2 is 2.00 bits per heavy atom. The Kier molecular flexibility index (Phi) is 4.72. The molecule has 0 aliphatic rings. The first-order valence-corrected chi connectivity index (χ1v) is 7.48. The third kappa shape index (κ3) is 3.09. The topological polar surface area (TPSA) is 30.7 Å². The molecule has 1 aromatic carbocycles. The third-order valence-electron chi connectivity index (χ3n) is 2.96. The number of rotatable bonds is 5. The monoisotopic (exact) mass is 279 g/mol. The molecule has 5 heteroatoms. The van der Waals surface area contributed by atoms with Crippen LogP contribution >= 0.6 is 24.4 Å². The van der Waals surface area contributed by atoms with E-state index >= 15 is 0 Å². The van der Waals surface area contributed by atoms with Gasteiger partial charge in [0.1, 0.15) is 5.82 Å². The fourth-order valence-electron chi connectivity index (χ4n) is 1.67. The van der Waals surface area contributed by atoms with Crippen molar-refractivity contribution in [1.82, 2.24) is 14.8 Å². The van der Waals surface area contributed by atoms with Crippen LogP contribution in [0.2, 0.25) is 0 Å². The van der Waals surface area contributed by atoms with Gasteiger partial charge in [-0.15, -0.1) is 10.2 Å². The molecule has 1 atom stereocenters. The van der Waals surface area contributed by atoms with E-state index < -0.39 is 0 Å². The van der Waals surface area contributed by atoms with Gasteiger partial charge < -0.3 is 4.57 Å². The smallest absolute Gasteiger partial charge is 0.190 e. The quantitative estimate of drug-likeness (QED) is 0.674. The summed E-state index contributed by atoms with van der Waals surface area (Å²) in [4.78, 5) is 0. The van der Waals surface area contributed by atoms with Gasteiger partial charge in [0.2, 0.25) is 0 Å². The van der Waals surface area contributed by atoms with Crippen molar-refractivity contribution in [3.63, 3.8) is 0 Å². The summed E-state index contributed by atoms with van der Waals surface area (Å²) in [5.74, 6) is 3.20. The molecule has 0 radical (unpaired) electrons. The Labute approximate surface area is 117 Å². The molecule has 2 rings (SSSR count). The zero-order valence-electron chi connectivity index (χ0n) is 10.6. The lowest BCUT2D eigenvalue weighted by Gasteiger charge is -2.13. The lowest BCUT2D eigenvalue weighted by molar-refractivity contribution is 0.762. The zero-order valence-corrected chi connectivity index (χ0v) is 12.3. The Bertz CT molecular complexity index is 496. The number of aromatic nitrogens is 3. The maximum atomic E-state index is 4.45. The van der Waals surface area contributed by atoms with Gasteiger partial charge in [-0.25, -0.2) is 0 Å². The molecule has 3 nitrogen and oxygen atoms in total. The van der Waals surface area contributed by atoms with Crippen LogP contribution < -0.4 is 0 Å². The van der Waals surface area contributed by atoms with E-state index in [1.807, 2.05) is 24.6 Å². The van der Waals surface area contributed by atoms with Gasteiger partial charge in [-0.1, -0.05) is 42.1 Å². The maximum absolute atomic E-state index is 4.45. The van der Waals surface area contributed by atoms with E-state index in [0.29, 0.717) is 5.92 Å². The van der Waals surface area contributed by atoms with Crippen molar-refractivity contribution >= 4 is 24.4 Å². The van der Waals surface area contributed by atoms with Crippen molar-refractivity contribution in [2.45, 2.75) is 18.0 Å². The lowest BCUT2D eigenvalue weighted by Crippen LogP contribution is -2.05. The van der Waals surface area contributed by atoms with Gasteiger partial charge in [0.25, 0.3) is 0 Å². The molecule has 0 bridgehead atoms. The molecule has 1 heterocycles. The fourth-order valence-corrected chi connectivity index (χ4v) is 3.27. The number of thiol groups is 1. The van der Waals surface area contributed by atoms with Crippen molar-refractivity contribution in [1.29, 1.82) is 0 Å². The normalized spacial score (nSPS) is 12.6. The highest BCUT2D eigenvalue weighted by Gasteiger charge is 2.12. The Balaban J connectivity index is 2.02. The average molecular weight is 279 g/mol. The van der Waals surface area contributed by atoms with E-state index in [-0.39, 0.29) is 0 Å². The maximum Gasteiger partial charge on any atom is 0.190 e. The summed E-state index contributed by atoms with van der Waals surface area (Å²) in [6, 6.07) is 10.5. The van der Waals surface area contributed by atoms with Crippen molar-refractivity contribution in [2.75, 3.05) is 11.5 Å². The van der Waals surface area contributed by atoms with Gasteiger partial charge in [-0.2, -0.15) is 12.6 Å². The molecule has 0 aliphatic heterocycles. The van der Waals surface area contributed by atoms with Crippen LogP contribution in [0.5, 0.6) is 0 Å². The standard InChI is InChI=1S/C13H17N3S2/c1-10-14-15-13(16(10)2)18-9-12(8-17)11-6-4-3-5-7-11/h3-7,12,17H,8-9H2,1-2H3. The van der Waals surface area contributed by atoms with Gasteiger partial charge in [0.15, 0.2) is 5.16 Å². The number of thioether (sulfide) groups is 1. The summed E-state index contributed by atoms with van der Waals surface area (Å²) < 4.78 is 2.02. The van der Waals surface area contributed by atoms with Crippen LogP contribution in [-0.4, -0.2) is 26.3 Å². The minimum absolute atomic E-state index is 0.441. The van der Waals surface area contributed by atoms with Gasteiger partial charge in [0, 0.05) is 18.7 Å². The summed E-state index contributed by atoms with van der Waals surface area (Å²) in [6.45, 7) is 1.96. The molecule has 0 fully saturated rings. The third-order valence-corrected chi connectivity index (χ3v) is 4.58. The summed E-state index contributed by atoms with van der Waals surface area (Å²) in [5.41, 5.74) is 1.33. The summed E-state index contributed by atoms with van der Waals surface area (Å²) in [6.07, 6.45) is 0. The highest BCUT2D eigenvalue weighted by atomic mass is 32.2. The summed E-state index contributed by atoms with van der Waals surface area (Å²) >= 11 is 6.18. The van der Waals surface area contributed by atoms with Crippen LogP contribution in [0.25, 0.3) is 0 Å². The van der Waals surface area contributed by atoms with Crippen molar-refractivity contribution in [3.05, 3.63) is 41.7 Å². The van der Waals surface area contributed by atoms with Crippen molar-refractivity contribution in [2.24, 2.45) is 7.05 Å². The average Bonchev–Trinajstić information content (AvgIpc) is 2.72. The van der Waals surface area contributed by atoms with E-state index in [9.17, 15) is 0 Å². The van der Waals surface area contributed by atoms with Crippen LogP contribution in [0.4, 0.5) is 0 Å². The van der Waals surface area contributed by atoms with Gasteiger partial charge >= 0.3 is 0 Å². The first-order valence-electron chi connectivity index (χ1n) is 5.87. The highest BCUT2D eigenvalue weighted by Crippen LogP contribution is 2.26. The Hall–Kier alpha value is -0.940. The number of aryl methyl sites for hydroxylation is 1. The molecule has 96 valence electrons. The Morgan fingerprint density at radius 1 is 1.28 bits per heavy atom. The van der Waals surface area contributed by atoms with Gasteiger partial charge in [-0.3, -0.25) is 0 Å². The second-order valence-electron chi connectivity index (χ2n) is 4.19. The predicted molar refractivity (Wildman–Crippen MR) is 79.5 cm³/mol. The molecule has 2 aromatic rings. The first kappa shape index (κ1) is 13.5. The second kappa shape index (κ2) is 6.29.